The van der Waals surface area contributed by atoms with Crippen LogP contribution in [0.1, 0.15) is 83.9 Å². The summed E-state index contributed by atoms with van der Waals surface area (Å²) in [4.78, 5) is 26.2. The van der Waals surface area contributed by atoms with Gasteiger partial charge in [0.25, 0.3) is 0 Å². The minimum absolute atomic E-state index is 0. The van der Waals surface area contributed by atoms with Crippen LogP contribution in [0.15, 0.2) is 65.2 Å². The molecule has 6 nitrogen and oxygen atoms in total. The molecule has 0 saturated carbocycles. The molecule has 277 valence electrons. The number of hydrogen-bond donors (Lipinski definition) is 1. The van der Waals surface area contributed by atoms with Crippen molar-refractivity contribution in [3.05, 3.63) is 83.5 Å². The van der Waals surface area contributed by atoms with Crippen LogP contribution in [0, 0.1) is 37.7 Å². The number of rotatable bonds is 9. The van der Waals surface area contributed by atoms with Crippen LogP contribution in [0.5, 0.6) is 0 Å². The van der Waals surface area contributed by atoms with E-state index in [2.05, 4.69) is 75.7 Å². The van der Waals surface area contributed by atoms with Gasteiger partial charge in [0.15, 0.2) is 5.78 Å². The van der Waals surface area contributed by atoms with Crippen molar-refractivity contribution in [2.45, 2.75) is 108 Å². The predicted octanol–water partition coefficient (Wildman–Crippen LogP) is 11.7. The number of benzene rings is 3. The second-order valence-corrected chi connectivity index (χ2v) is 20.7. The van der Waals surface area contributed by atoms with Crippen molar-refractivity contribution in [1.82, 2.24) is 15.0 Å². The van der Waals surface area contributed by atoms with E-state index in [4.69, 9.17) is 14.4 Å². The largest absolute Gasteiger partial charge is 0.512 e. The zero-order chi connectivity index (χ0) is 37.5. The number of hydrogen-bond acceptors (Lipinski definition) is 6. The molecule has 1 radical (unpaired) electrons. The molecule has 0 fully saturated rings. The van der Waals surface area contributed by atoms with Crippen molar-refractivity contribution in [1.29, 1.82) is 0 Å². The number of allylic oxidation sites excluding steroid dienone is 2. The molecule has 1 N–H and O–H groups in total. The molecule has 0 unspecified atom stereocenters. The average Bonchev–Trinajstić information content (AvgIpc) is 3.50. The molecule has 0 spiro atoms. The zero-order valence-electron chi connectivity index (χ0n) is 33.0. The first-order chi connectivity index (χ1) is 24.0. The van der Waals surface area contributed by atoms with E-state index in [1.807, 2.05) is 53.7 Å². The van der Waals surface area contributed by atoms with Crippen molar-refractivity contribution in [3.63, 3.8) is 0 Å². The first-order valence-corrected chi connectivity index (χ1v) is 21.9. The van der Waals surface area contributed by atoms with Gasteiger partial charge >= 0.3 is 0 Å². The summed E-state index contributed by atoms with van der Waals surface area (Å²) >= 11 is 0. The van der Waals surface area contributed by atoms with E-state index >= 15 is 0 Å². The van der Waals surface area contributed by atoms with Crippen molar-refractivity contribution in [2.75, 3.05) is 0 Å². The molecule has 0 bridgehead atoms. The van der Waals surface area contributed by atoms with E-state index in [-0.39, 0.29) is 42.5 Å². The van der Waals surface area contributed by atoms with Crippen LogP contribution in [0.25, 0.3) is 55.0 Å². The molecule has 0 amide bonds. The minimum Gasteiger partial charge on any atom is -0.512 e. The first-order valence-electron chi connectivity index (χ1n) is 18.4. The number of aryl methyl sites for hydroxylation is 3. The van der Waals surface area contributed by atoms with Crippen molar-refractivity contribution in [3.8, 4) is 11.3 Å². The predicted molar refractivity (Wildman–Crippen MR) is 217 cm³/mol. The Labute approximate surface area is 323 Å². The number of pyridine rings is 1. The number of carbonyl (C=O) groups excluding carboxylic acids is 1. The molecular formula is C44H54IrN3O3Si-. The van der Waals surface area contributed by atoms with E-state index in [9.17, 15) is 9.90 Å². The third-order valence-electron chi connectivity index (χ3n) is 11.5. The van der Waals surface area contributed by atoms with Crippen molar-refractivity contribution < 1.29 is 34.4 Å². The van der Waals surface area contributed by atoms with Gasteiger partial charge in [-0.2, -0.15) is 0 Å². The Morgan fingerprint density at radius 2 is 1.54 bits per heavy atom. The number of ketones is 1. The zero-order valence-corrected chi connectivity index (χ0v) is 36.4. The normalized spacial score (nSPS) is 12.7. The van der Waals surface area contributed by atoms with E-state index < -0.39 is 8.07 Å². The maximum atomic E-state index is 12.2. The maximum absolute atomic E-state index is 12.2. The maximum Gasteiger partial charge on any atom is 0.216 e. The average molecular weight is 893 g/mol. The third-order valence-corrected chi connectivity index (χ3v) is 13.7. The summed E-state index contributed by atoms with van der Waals surface area (Å²) in [6.07, 6.45) is 8.19. The summed E-state index contributed by atoms with van der Waals surface area (Å²) in [6, 6.07) is 16.1. The standard InChI is InChI=1S/C29H26N3OSi.C15H28O2.Ir/c1-16-9-11-22(27-23(16)20-8-7-13-30-29(20)33-27)25-21-12-10-19-14-17(2)28(34(4,5)6)18(3)24(19)26(21)32-15-31-25;1-7-14(5,8-2)12(16)11-13(17)15(6,9-3)10-4;/h7-10,12-15H,1-6H3;11,16H,7-10H2,1-6H3;/q-1;;/b;12-11-;. The third kappa shape index (κ3) is 7.40. The second kappa shape index (κ2) is 15.7. The van der Waals surface area contributed by atoms with Gasteiger partial charge in [0.2, 0.25) is 5.71 Å². The number of aliphatic hydroxyl groups excluding tert-OH is 1. The van der Waals surface area contributed by atoms with Gasteiger partial charge in [-0.3, -0.25) is 9.78 Å². The van der Waals surface area contributed by atoms with Crippen LogP contribution in [0.2, 0.25) is 19.6 Å². The molecule has 0 atom stereocenters. The Morgan fingerprint density at radius 1 is 0.885 bits per heavy atom. The van der Waals surface area contributed by atoms with Gasteiger partial charge in [-0.15, -0.1) is 17.7 Å². The number of furan rings is 1. The Morgan fingerprint density at radius 3 is 2.15 bits per heavy atom. The summed E-state index contributed by atoms with van der Waals surface area (Å²) < 4.78 is 6.26. The van der Waals surface area contributed by atoms with Gasteiger partial charge in [-0.1, -0.05) is 108 Å². The van der Waals surface area contributed by atoms with Crippen LogP contribution in [-0.2, 0) is 24.9 Å². The van der Waals surface area contributed by atoms with Gasteiger partial charge < -0.3 is 9.52 Å². The fourth-order valence-corrected chi connectivity index (χ4v) is 9.92. The Bertz CT molecular complexity index is 2290. The summed E-state index contributed by atoms with van der Waals surface area (Å²) in [7, 11) is -1.54. The summed E-state index contributed by atoms with van der Waals surface area (Å²) in [5, 5.41) is 17.2. The Kier molecular flexibility index (Phi) is 12.4. The molecule has 3 aromatic heterocycles. The van der Waals surface area contributed by atoms with E-state index in [0.29, 0.717) is 5.71 Å². The molecule has 3 aromatic carbocycles. The number of aromatic nitrogens is 3. The summed E-state index contributed by atoms with van der Waals surface area (Å²) in [6.45, 7) is 25.9. The van der Waals surface area contributed by atoms with E-state index in [1.54, 1.807) is 12.5 Å². The Balaban J connectivity index is 0.000000289. The van der Waals surface area contributed by atoms with Crippen LogP contribution in [-0.4, -0.2) is 33.9 Å². The van der Waals surface area contributed by atoms with E-state index in [0.717, 1.165) is 69.8 Å². The van der Waals surface area contributed by atoms with Crippen molar-refractivity contribution in [2.24, 2.45) is 10.8 Å². The fraction of sp³-hybridized carbons (Fsp3) is 0.409. The second-order valence-electron chi connectivity index (χ2n) is 15.7. The van der Waals surface area contributed by atoms with Crippen LogP contribution >= 0.6 is 0 Å². The van der Waals surface area contributed by atoms with Crippen LogP contribution < -0.4 is 5.19 Å². The summed E-state index contributed by atoms with van der Waals surface area (Å²) in [5.74, 6) is 0.286. The number of fused-ring (bicyclic) bond motifs is 6. The number of aliphatic hydroxyl groups is 1. The van der Waals surface area contributed by atoms with Gasteiger partial charge in [-0.25, -0.2) is 9.97 Å². The number of nitrogens with zero attached hydrogens (tertiary/aromatic N) is 3. The smallest absolute Gasteiger partial charge is 0.216 e. The van der Waals surface area contributed by atoms with Gasteiger partial charge in [0.1, 0.15) is 12.1 Å². The minimum atomic E-state index is -1.54. The Hall–Kier alpha value is -3.71. The fourth-order valence-electron chi connectivity index (χ4n) is 7.42. The topological polar surface area (TPSA) is 89.1 Å². The molecule has 0 aliphatic rings. The van der Waals surface area contributed by atoms with Crippen LogP contribution in [0.3, 0.4) is 0 Å². The quantitative estimate of drug-likeness (QED) is 0.0511. The molecule has 6 aromatic rings. The molecule has 6 rings (SSSR count). The molecule has 0 aliphatic carbocycles. The first kappa shape index (κ1) is 41.0. The molecule has 8 heteroatoms. The van der Waals surface area contributed by atoms with Gasteiger partial charge in [0, 0.05) is 59.7 Å². The van der Waals surface area contributed by atoms with E-state index in [1.165, 1.54) is 33.2 Å². The number of carbonyl (C=O) groups is 1. The van der Waals surface area contributed by atoms with Crippen molar-refractivity contribution >= 4 is 62.8 Å². The van der Waals surface area contributed by atoms with Crippen LogP contribution in [0.4, 0.5) is 0 Å². The molecule has 52 heavy (non-hydrogen) atoms. The molecule has 0 aliphatic heterocycles. The molecular weight excluding hydrogens is 839 g/mol. The van der Waals surface area contributed by atoms with Gasteiger partial charge in [0.05, 0.1) is 19.2 Å². The molecule has 3 heterocycles. The summed E-state index contributed by atoms with van der Waals surface area (Å²) in [5.41, 5.74) is 7.31. The SMILES string of the molecule is CCC(C)(CC)C(=O)/C=C(\O)C(C)(CC)CC.Cc1cc2ccc3c(-c4[c-]cc(C)c5c4oc4ncccc45)ncnc3c2c(C)c1[Si](C)(C)C.[Ir]. The molecule has 0 saturated heterocycles. The monoisotopic (exact) mass is 893 g/mol. The van der Waals surface area contributed by atoms with Gasteiger partial charge in [-0.05, 0) is 68.0 Å².